The van der Waals surface area contributed by atoms with E-state index >= 15 is 0 Å². The number of benzene rings is 2. The lowest BCUT2D eigenvalue weighted by atomic mass is 10.2. The second-order valence-corrected chi connectivity index (χ2v) is 12.3. The van der Waals surface area contributed by atoms with E-state index in [9.17, 15) is 14.3 Å². The van der Waals surface area contributed by atoms with Gasteiger partial charge in [-0.25, -0.2) is 28.4 Å². The normalized spacial score (nSPS) is 11.3. The van der Waals surface area contributed by atoms with Gasteiger partial charge in [0.2, 0.25) is 5.95 Å². The number of hydrogen-bond donors (Lipinski definition) is 0. The fraction of sp³-hybridized carbons (Fsp3) is 0.172. The predicted octanol–water partition coefficient (Wildman–Crippen LogP) is 5.81. The lowest BCUT2D eigenvalue weighted by Gasteiger charge is -2.23. The van der Waals surface area contributed by atoms with Crippen molar-refractivity contribution in [1.29, 1.82) is 5.26 Å². The second kappa shape index (κ2) is 10.7. The third-order valence-electron chi connectivity index (χ3n) is 6.04. The second-order valence-electron chi connectivity index (χ2n) is 9.71. The highest BCUT2D eigenvalue weighted by molar-refractivity contribution is 7.92. The van der Waals surface area contributed by atoms with Gasteiger partial charge in [0, 0.05) is 45.9 Å². The van der Waals surface area contributed by atoms with Crippen LogP contribution in [0, 0.1) is 17.9 Å². The minimum absolute atomic E-state index is 0.250. The summed E-state index contributed by atoms with van der Waals surface area (Å²) in [7, 11) is -2.47. The van der Waals surface area contributed by atoms with Crippen LogP contribution in [-0.4, -0.2) is 41.0 Å². The van der Waals surface area contributed by atoms with Crippen molar-refractivity contribution >= 4 is 49.6 Å². The van der Waals surface area contributed by atoms with Crippen LogP contribution in [-0.2, 0) is 9.73 Å². The fourth-order valence-corrected chi connectivity index (χ4v) is 4.88. The Morgan fingerprint density at radius 3 is 2.27 bits per heavy atom. The van der Waals surface area contributed by atoms with E-state index in [1.54, 1.807) is 81.0 Å². The first kappa shape index (κ1) is 27.2. The monoisotopic (exact) mass is 563 g/mol. The summed E-state index contributed by atoms with van der Waals surface area (Å²) in [6, 6.07) is 20.9. The lowest BCUT2D eigenvalue weighted by Crippen LogP contribution is -2.24. The summed E-state index contributed by atoms with van der Waals surface area (Å²) in [5.41, 5.74) is 2.37. The molecule has 0 N–H and O–H groups in total. The van der Waals surface area contributed by atoms with Gasteiger partial charge in [0.25, 0.3) is 5.56 Å². The number of nitriles is 1. The van der Waals surface area contributed by atoms with E-state index in [-0.39, 0.29) is 23.4 Å². The molecular formula is C29H25N9O2S. The first-order valence-electron chi connectivity index (χ1n) is 12.5. The maximum absolute atomic E-state index is 13.5. The van der Waals surface area contributed by atoms with Crippen LogP contribution in [0.4, 0.5) is 28.8 Å². The van der Waals surface area contributed by atoms with Gasteiger partial charge < -0.3 is 0 Å². The summed E-state index contributed by atoms with van der Waals surface area (Å²) >= 11 is 0. The molecule has 0 radical (unpaired) electrons. The van der Waals surface area contributed by atoms with Crippen LogP contribution in [0.3, 0.4) is 0 Å². The molecule has 0 aliphatic heterocycles. The molecule has 0 aliphatic carbocycles. The molecule has 5 rings (SSSR count). The molecule has 0 atom stereocenters. The van der Waals surface area contributed by atoms with E-state index in [4.69, 9.17) is 11.6 Å². The van der Waals surface area contributed by atoms with Gasteiger partial charge in [0.05, 0.1) is 18.2 Å². The molecule has 0 bridgehead atoms. The number of pyridine rings is 1. The van der Waals surface area contributed by atoms with Crippen molar-refractivity contribution in [3.63, 3.8) is 0 Å². The maximum atomic E-state index is 13.5. The zero-order chi connectivity index (χ0) is 29.3. The van der Waals surface area contributed by atoms with Crippen LogP contribution < -0.4 is 10.5 Å². The summed E-state index contributed by atoms with van der Waals surface area (Å²) in [5.74, 6) is 0.917. The van der Waals surface area contributed by atoms with E-state index in [2.05, 4.69) is 25.2 Å². The minimum atomic E-state index is -2.47. The van der Waals surface area contributed by atoms with Crippen LogP contribution in [0.2, 0.25) is 0 Å². The fourth-order valence-electron chi connectivity index (χ4n) is 4.33. The van der Waals surface area contributed by atoms with Crippen LogP contribution in [0.1, 0.15) is 25.5 Å². The van der Waals surface area contributed by atoms with E-state index < -0.39 is 9.73 Å². The molecular weight excluding hydrogens is 538 g/mol. The summed E-state index contributed by atoms with van der Waals surface area (Å²) in [6.45, 7) is 11.1. The Morgan fingerprint density at radius 2 is 1.68 bits per heavy atom. The van der Waals surface area contributed by atoms with Gasteiger partial charge in [-0.15, -0.1) is 0 Å². The van der Waals surface area contributed by atoms with Crippen LogP contribution >= 0.6 is 0 Å². The maximum Gasteiger partial charge on any atom is 0.278 e. The molecule has 3 aromatic heterocycles. The Hall–Kier alpha value is -5.33. The Balaban J connectivity index is 1.78. The Bertz CT molecular complexity index is 1970. The number of aromatic nitrogens is 5. The summed E-state index contributed by atoms with van der Waals surface area (Å²) in [4.78, 5) is 32.8. The molecule has 5 aromatic rings. The standard InChI is InChI=1S/C29H25N9O2S/c1-19(2)37-28(39)24-18-32-29(34-27(24)38(37)26-8-6-7-25(33-26)35-41(4,5)40)36(22-13-9-20(17-30)10-14-22)23-15-11-21(31-3)12-16-23/h6-16,18-19H,1-2,4-5H3. The van der Waals surface area contributed by atoms with Crippen LogP contribution in [0.25, 0.3) is 21.7 Å². The number of nitrogens with zero attached hydrogens (tertiary/aromatic N) is 9. The van der Waals surface area contributed by atoms with Gasteiger partial charge in [-0.1, -0.05) is 18.2 Å². The molecule has 12 heteroatoms. The molecule has 0 fully saturated rings. The Labute approximate surface area is 237 Å². The highest BCUT2D eigenvalue weighted by Crippen LogP contribution is 2.34. The largest absolute Gasteiger partial charge is 0.279 e. The van der Waals surface area contributed by atoms with Gasteiger partial charge in [-0.05, 0) is 62.4 Å². The van der Waals surface area contributed by atoms with E-state index in [1.165, 1.54) is 18.7 Å². The van der Waals surface area contributed by atoms with E-state index in [0.717, 1.165) is 0 Å². The first-order valence-corrected chi connectivity index (χ1v) is 14.9. The minimum Gasteiger partial charge on any atom is -0.279 e. The first-order chi connectivity index (χ1) is 19.6. The molecule has 2 aromatic carbocycles. The van der Waals surface area contributed by atoms with Gasteiger partial charge in [-0.3, -0.25) is 9.69 Å². The average Bonchev–Trinajstić information content (AvgIpc) is 3.25. The highest BCUT2D eigenvalue weighted by atomic mass is 32.2. The van der Waals surface area contributed by atoms with Crippen molar-refractivity contribution < 1.29 is 4.21 Å². The third-order valence-corrected chi connectivity index (χ3v) is 6.67. The molecule has 0 spiro atoms. The van der Waals surface area contributed by atoms with Crippen molar-refractivity contribution in [2.24, 2.45) is 4.36 Å². The quantitative estimate of drug-likeness (QED) is 0.239. The summed E-state index contributed by atoms with van der Waals surface area (Å²) < 4.78 is 19.7. The molecule has 41 heavy (non-hydrogen) atoms. The molecule has 3 heterocycles. The van der Waals surface area contributed by atoms with E-state index in [1.807, 2.05) is 13.8 Å². The van der Waals surface area contributed by atoms with Crippen molar-refractivity contribution in [3.8, 4) is 11.9 Å². The Morgan fingerprint density at radius 1 is 1.02 bits per heavy atom. The molecule has 0 saturated heterocycles. The predicted molar refractivity (Wildman–Crippen MR) is 159 cm³/mol. The zero-order valence-corrected chi connectivity index (χ0v) is 23.6. The topological polar surface area (TPSA) is 126 Å². The van der Waals surface area contributed by atoms with Crippen molar-refractivity contribution in [3.05, 3.63) is 100 Å². The third kappa shape index (κ3) is 5.41. The van der Waals surface area contributed by atoms with Gasteiger partial charge in [0.1, 0.15) is 5.39 Å². The SMILES string of the molecule is [C-]#[N+]c1ccc(N(c2ccc(C#N)cc2)c2ncc3c(=O)n(C(C)C)n(-c4cccc(N=S(C)(C)=O)n4)c3n2)cc1. The lowest BCUT2D eigenvalue weighted by molar-refractivity contribution is 0.472. The Kier molecular flexibility index (Phi) is 7.10. The van der Waals surface area contributed by atoms with Gasteiger partial charge in [0.15, 0.2) is 23.0 Å². The molecule has 0 unspecified atom stereocenters. The highest BCUT2D eigenvalue weighted by Gasteiger charge is 2.23. The summed E-state index contributed by atoms with van der Waals surface area (Å²) in [6.07, 6.45) is 4.54. The number of fused-ring (bicyclic) bond motifs is 1. The molecule has 204 valence electrons. The molecule has 11 nitrogen and oxygen atoms in total. The van der Waals surface area contributed by atoms with Crippen LogP contribution in [0.15, 0.2) is 82.1 Å². The van der Waals surface area contributed by atoms with Gasteiger partial charge in [-0.2, -0.15) is 14.6 Å². The number of rotatable bonds is 6. The molecule has 0 aliphatic rings. The van der Waals surface area contributed by atoms with Crippen molar-refractivity contribution in [1.82, 2.24) is 24.3 Å². The van der Waals surface area contributed by atoms with Crippen LogP contribution in [0.5, 0.6) is 0 Å². The van der Waals surface area contributed by atoms with Crippen molar-refractivity contribution in [2.75, 3.05) is 17.4 Å². The molecule has 0 amide bonds. The van der Waals surface area contributed by atoms with Gasteiger partial charge >= 0.3 is 0 Å². The number of anilines is 3. The van der Waals surface area contributed by atoms with E-state index in [0.29, 0.717) is 39.5 Å². The smallest absolute Gasteiger partial charge is 0.278 e. The molecule has 0 saturated carbocycles. The number of hydrogen-bond acceptors (Lipinski definition) is 8. The zero-order valence-electron chi connectivity index (χ0n) is 22.8. The van der Waals surface area contributed by atoms with Crippen molar-refractivity contribution in [2.45, 2.75) is 19.9 Å². The summed E-state index contributed by atoms with van der Waals surface area (Å²) in [5, 5.41) is 9.59. The average molecular weight is 564 g/mol.